The van der Waals surface area contributed by atoms with Crippen LogP contribution in [-0.4, -0.2) is 44.4 Å². The first-order chi connectivity index (χ1) is 14.2. The molecule has 3 aromatic rings. The van der Waals surface area contributed by atoms with E-state index in [4.69, 9.17) is 9.52 Å². The Morgan fingerprint density at radius 1 is 1.13 bits per heavy atom. The third-order valence-corrected chi connectivity index (χ3v) is 4.83. The lowest BCUT2D eigenvalue weighted by Gasteiger charge is -2.20. The van der Waals surface area contributed by atoms with E-state index in [0.717, 1.165) is 24.2 Å². The molecule has 30 heavy (non-hydrogen) atoms. The van der Waals surface area contributed by atoms with Crippen LogP contribution in [0.4, 0.5) is 0 Å². The molecule has 1 aromatic carbocycles. The zero-order chi connectivity index (χ0) is 21.8. The number of carbonyl (C=O) groups is 1. The molecule has 0 fully saturated rings. The van der Waals surface area contributed by atoms with Crippen molar-refractivity contribution < 1.29 is 9.21 Å². The molecule has 7 heteroatoms. The van der Waals surface area contributed by atoms with Crippen LogP contribution in [0.2, 0.25) is 0 Å². The first kappa shape index (κ1) is 21.7. The summed E-state index contributed by atoms with van der Waals surface area (Å²) in [5, 5.41) is 12.7. The topological polar surface area (TPSA) is 77.1 Å². The minimum atomic E-state index is 0.00851. The normalized spacial score (nSPS) is 11.5. The zero-order valence-corrected chi connectivity index (χ0v) is 18.7. The first-order valence-electron chi connectivity index (χ1n) is 10.5. The molecule has 0 radical (unpaired) electrons. The van der Waals surface area contributed by atoms with E-state index in [1.54, 1.807) is 11.8 Å². The number of hydrogen-bond donors (Lipinski definition) is 0. The van der Waals surface area contributed by atoms with Crippen LogP contribution in [0.1, 0.15) is 56.1 Å². The second-order valence-electron chi connectivity index (χ2n) is 8.62. The monoisotopic (exact) mass is 409 g/mol. The van der Waals surface area contributed by atoms with E-state index in [2.05, 4.69) is 37.9 Å². The van der Waals surface area contributed by atoms with E-state index < -0.39 is 0 Å². The van der Waals surface area contributed by atoms with Crippen molar-refractivity contribution in [1.82, 2.24) is 24.9 Å². The molecule has 0 aliphatic heterocycles. The van der Waals surface area contributed by atoms with Crippen LogP contribution in [0.3, 0.4) is 0 Å². The summed E-state index contributed by atoms with van der Waals surface area (Å²) in [6.07, 6.45) is 1.90. The summed E-state index contributed by atoms with van der Waals surface area (Å²) in [4.78, 5) is 14.6. The van der Waals surface area contributed by atoms with Crippen LogP contribution >= 0.6 is 0 Å². The Morgan fingerprint density at radius 3 is 2.53 bits per heavy atom. The van der Waals surface area contributed by atoms with Gasteiger partial charge in [-0.15, -0.1) is 10.2 Å². The van der Waals surface area contributed by atoms with E-state index in [9.17, 15) is 4.79 Å². The van der Waals surface area contributed by atoms with Crippen molar-refractivity contribution in [1.29, 1.82) is 0 Å². The molecule has 0 aliphatic rings. The average molecular weight is 410 g/mol. The standard InChI is InChI=1S/C23H31N5O2/c1-15(2)10-11-20-13-21(22-25-24-17(5)30-22)26-28(20)19-9-7-8-18(12-19)23(29)27(6)14-16(3)4/h7-9,12-13,15-16H,10-11,14H2,1-6H3. The lowest BCUT2D eigenvalue weighted by molar-refractivity contribution is 0.0779. The van der Waals surface area contributed by atoms with Crippen LogP contribution in [0.15, 0.2) is 34.7 Å². The fraction of sp³-hybridized carbons (Fsp3) is 0.478. The van der Waals surface area contributed by atoms with Gasteiger partial charge in [-0.1, -0.05) is 33.8 Å². The Morgan fingerprint density at radius 2 is 1.90 bits per heavy atom. The van der Waals surface area contributed by atoms with Gasteiger partial charge in [-0.3, -0.25) is 4.79 Å². The molecule has 0 saturated heterocycles. The van der Waals surface area contributed by atoms with E-state index in [-0.39, 0.29) is 5.91 Å². The van der Waals surface area contributed by atoms with Crippen molar-refractivity contribution in [3.05, 3.63) is 47.5 Å². The van der Waals surface area contributed by atoms with E-state index >= 15 is 0 Å². The highest BCUT2D eigenvalue weighted by molar-refractivity contribution is 5.94. The van der Waals surface area contributed by atoms with E-state index in [1.165, 1.54) is 0 Å². The van der Waals surface area contributed by atoms with Crippen LogP contribution in [0.5, 0.6) is 0 Å². The fourth-order valence-electron chi connectivity index (χ4n) is 3.38. The van der Waals surface area contributed by atoms with Crippen molar-refractivity contribution in [2.45, 2.75) is 47.5 Å². The number of hydrogen-bond acceptors (Lipinski definition) is 5. The largest absolute Gasteiger partial charge is 0.420 e. The second kappa shape index (κ2) is 9.24. The van der Waals surface area contributed by atoms with Gasteiger partial charge in [0.2, 0.25) is 5.89 Å². The predicted molar refractivity (Wildman–Crippen MR) is 117 cm³/mol. The predicted octanol–water partition coefficient (Wildman–Crippen LogP) is 4.55. The second-order valence-corrected chi connectivity index (χ2v) is 8.62. The molecule has 1 amide bonds. The molecule has 3 rings (SSSR count). The van der Waals surface area contributed by atoms with Gasteiger partial charge in [0.25, 0.3) is 11.8 Å². The molecule has 7 nitrogen and oxygen atoms in total. The van der Waals surface area contributed by atoms with Crippen LogP contribution < -0.4 is 0 Å². The summed E-state index contributed by atoms with van der Waals surface area (Å²) >= 11 is 0. The molecule has 0 atom stereocenters. The van der Waals surface area contributed by atoms with Crippen LogP contribution in [0.25, 0.3) is 17.3 Å². The Bertz CT molecular complexity index is 1000. The number of aryl methyl sites for hydroxylation is 2. The number of nitrogens with zero attached hydrogens (tertiary/aromatic N) is 5. The van der Waals surface area contributed by atoms with Gasteiger partial charge < -0.3 is 9.32 Å². The van der Waals surface area contributed by atoms with Gasteiger partial charge in [0.05, 0.1) is 5.69 Å². The minimum Gasteiger partial charge on any atom is -0.420 e. The van der Waals surface area contributed by atoms with Gasteiger partial charge in [-0.2, -0.15) is 5.10 Å². The van der Waals surface area contributed by atoms with Gasteiger partial charge >= 0.3 is 0 Å². The number of benzene rings is 1. The third kappa shape index (κ3) is 5.14. The smallest absolute Gasteiger partial charge is 0.268 e. The molecule has 2 aromatic heterocycles. The molecule has 0 saturated carbocycles. The van der Waals surface area contributed by atoms with E-state index in [0.29, 0.717) is 41.4 Å². The SMILES string of the molecule is Cc1nnc(-c2cc(CCC(C)C)n(-c3cccc(C(=O)N(C)CC(C)C)c3)n2)o1. The lowest BCUT2D eigenvalue weighted by Crippen LogP contribution is -2.30. The van der Waals surface area contributed by atoms with Crippen molar-refractivity contribution >= 4 is 5.91 Å². The van der Waals surface area contributed by atoms with Gasteiger partial charge in [-0.05, 0) is 48.9 Å². The van der Waals surface area contributed by atoms with Crippen molar-refractivity contribution in [2.75, 3.05) is 13.6 Å². The third-order valence-electron chi connectivity index (χ3n) is 4.83. The summed E-state index contributed by atoms with van der Waals surface area (Å²) in [5.74, 6) is 1.90. The van der Waals surface area contributed by atoms with Gasteiger partial charge in [0, 0.05) is 31.8 Å². The lowest BCUT2D eigenvalue weighted by atomic mass is 10.1. The molecule has 0 aliphatic carbocycles. The van der Waals surface area contributed by atoms with Crippen LogP contribution in [0, 0.1) is 18.8 Å². The Labute approximate surface area is 178 Å². The van der Waals surface area contributed by atoms with Crippen molar-refractivity contribution in [3.63, 3.8) is 0 Å². The van der Waals surface area contributed by atoms with Crippen molar-refractivity contribution in [3.8, 4) is 17.3 Å². The molecular formula is C23H31N5O2. The van der Waals surface area contributed by atoms with Gasteiger partial charge in [-0.25, -0.2) is 4.68 Å². The molecule has 160 valence electrons. The van der Waals surface area contributed by atoms with E-state index in [1.807, 2.05) is 42.1 Å². The minimum absolute atomic E-state index is 0.00851. The molecule has 0 bridgehead atoms. The molecule has 2 heterocycles. The Kier molecular flexibility index (Phi) is 6.70. The Hall–Kier alpha value is -2.96. The number of carbonyl (C=O) groups excluding carboxylic acids is 1. The summed E-state index contributed by atoms with van der Waals surface area (Å²) in [7, 11) is 1.84. The summed E-state index contributed by atoms with van der Waals surface area (Å²) in [6.45, 7) is 11.1. The molecule has 0 N–H and O–H groups in total. The van der Waals surface area contributed by atoms with Gasteiger partial charge in [0.1, 0.15) is 5.69 Å². The highest BCUT2D eigenvalue weighted by Gasteiger charge is 2.18. The quantitative estimate of drug-likeness (QED) is 0.545. The number of rotatable bonds is 8. The molecule has 0 spiro atoms. The van der Waals surface area contributed by atoms with Gasteiger partial charge in [0.15, 0.2) is 0 Å². The number of aromatic nitrogens is 4. The van der Waals surface area contributed by atoms with Crippen molar-refractivity contribution in [2.24, 2.45) is 11.8 Å². The molecular weight excluding hydrogens is 378 g/mol. The Balaban J connectivity index is 1.97. The maximum atomic E-state index is 12.9. The number of amides is 1. The maximum absolute atomic E-state index is 12.9. The average Bonchev–Trinajstić information content (AvgIpc) is 3.31. The highest BCUT2D eigenvalue weighted by Crippen LogP contribution is 2.23. The first-order valence-corrected chi connectivity index (χ1v) is 10.5. The molecule has 0 unspecified atom stereocenters. The zero-order valence-electron chi connectivity index (χ0n) is 18.7. The summed E-state index contributed by atoms with van der Waals surface area (Å²) in [6, 6.07) is 9.61. The summed E-state index contributed by atoms with van der Waals surface area (Å²) < 4.78 is 7.46. The maximum Gasteiger partial charge on any atom is 0.268 e. The highest BCUT2D eigenvalue weighted by atomic mass is 16.4. The van der Waals surface area contributed by atoms with Crippen LogP contribution in [-0.2, 0) is 6.42 Å². The fourth-order valence-corrected chi connectivity index (χ4v) is 3.38. The summed E-state index contributed by atoms with van der Waals surface area (Å²) in [5.41, 5.74) is 3.19.